The van der Waals surface area contributed by atoms with Crippen LogP contribution < -0.4 is 5.32 Å². The molecular weight excluding hydrogens is 332 g/mol. The molecule has 3 atom stereocenters. The van der Waals surface area contributed by atoms with E-state index in [0.29, 0.717) is 0 Å². The molecule has 1 N–H and O–H groups in total. The van der Waals surface area contributed by atoms with Gasteiger partial charge in [-0.2, -0.15) is 0 Å². The average Bonchev–Trinajstić information content (AvgIpc) is 3.09. The van der Waals surface area contributed by atoms with Crippen molar-refractivity contribution in [3.05, 3.63) is 11.9 Å². The number of aliphatic imine (C=N–C) groups is 1. The number of rotatable bonds is 4. The van der Waals surface area contributed by atoms with Gasteiger partial charge in [-0.15, -0.1) is 0 Å². The third-order valence-corrected chi connectivity index (χ3v) is 5.87. The number of fused-ring (bicyclic) bond motifs is 3. The molecule has 3 unspecified atom stereocenters. The Morgan fingerprint density at radius 2 is 2.12 bits per heavy atom. The van der Waals surface area contributed by atoms with E-state index in [9.17, 15) is 9.59 Å². The van der Waals surface area contributed by atoms with Crippen LogP contribution in [0.15, 0.2) is 16.9 Å². The van der Waals surface area contributed by atoms with Gasteiger partial charge in [0, 0.05) is 32.0 Å². The molecule has 8 nitrogen and oxygen atoms in total. The molecular formula is C18H28N6O2. The number of urea groups is 1. The van der Waals surface area contributed by atoms with E-state index < -0.39 is 12.2 Å². The van der Waals surface area contributed by atoms with Gasteiger partial charge in [-0.25, -0.2) is 9.79 Å². The molecule has 142 valence electrons. The van der Waals surface area contributed by atoms with Crippen LogP contribution in [0.1, 0.15) is 33.1 Å². The Balaban J connectivity index is 1.41. The number of allylic oxidation sites excluding steroid dienone is 1. The number of nitrogens with one attached hydrogen (secondary N) is 1. The Bertz CT molecular complexity index is 675. The molecule has 3 amide bonds. The lowest BCUT2D eigenvalue weighted by Crippen LogP contribution is -2.62. The number of likely N-dealkylation sites (N-methyl/N-ethyl adjacent to an activating group) is 1. The number of carbonyl (C=O) groups is 2. The van der Waals surface area contributed by atoms with Crippen molar-refractivity contribution in [1.82, 2.24) is 24.9 Å². The summed E-state index contributed by atoms with van der Waals surface area (Å²) in [5.74, 6) is 1.31. The molecule has 4 heterocycles. The van der Waals surface area contributed by atoms with Crippen LogP contribution in [0.5, 0.6) is 0 Å². The minimum atomic E-state index is -0.462. The molecule has 4 rings (SSSR count). The SMILES string of the molecule is CC1=CN2C(=NC3C2C(=O)NC(=O)N3C)N1CCCN1CCCC(C)C1. The first-order valence-electron chi connectivity index (χ1n) is 9.58. The predicted octanol–water partition coefficient (Wildman–Crippen LogP) is 0.833. The van der Waals surface area contributed by atoms with Crippen LogP contribution in [0.25, 0.3) is 0 Å². The molecule has 0 aromatic heterocycles. The van der Waals surface area contributed by atoms with Crippen molar-refractivity contribution in [2.75, 3.05) is 33.2 Å². The maximum absolute atomic E-state index is 12.3. The number of nitrogens with zero attached hydrogens (tertiary/aromatic N) is 5. The molecule has 2 fully saturated rings. The summed E-state index contributed by atoms with van der Waals surface area (Å²) < 4.78 is 0. The first-order chi connectivity index (χ1) is 12.5. The number of amides is 3. The highest BCUT2D eigenvalue weighted by molar-refractivity contribution is 6.04. The summed E-state index contributed by atoms with van der Waals surface area (Å²) in [7, 11) is 1.68. The fourth-order valence-corrected chi connectivity index (χ4v) is 4.47. The number of hydrogen-bond acceptors (Lipinski definition) is 6. The van der Waals surface area contributed by atoms with E-state index in [4.69, 9.17) is 4.99 Å². The fourth-order valence-electron chi connectivity index (χ4n) is 4.47. The number of hydrogen-bond donors (Lipinski definition) is 1. The van der Waals surface area contributed by atoms with Crippen molar-refractivity contribution < 1.29 is 9.59 Å². The molecule has 2 saturated heterocycles. The Labute approximate surface area is 154 Å². The maximum atomic E-state index is 12.3. The van der Waals surface area contributed by atoms with E-state index >= 15 is 0 Å². The number of carbonyl (C=O) groups excluding carboxylic acids is 2. The summed E-state index contributed by atoms with van der Waals surface area (Å²) >= 11 is 0. The lowest BCUT2D eigenvalue weighted by molar-refractivity contribution is -0.126. The zero-order valence-electron chi connectivity index (χ0n) is 15.8. The van der Waals surface area contributed by atoms with E-state index in [1.165, 1.54) is 30.8 Å². The highest BCUT2D eigenvalue weighted by Crippen LogP contribution is 2.31. The third-order valence-electron chi connectivity index (χ3n) is 5.87. The highest BCUT2D eigenvalue weighted by Gasteiger charge is 2.51. The molecule has 0 bridgehead atoms. The Hall–Kier alpha value is -2.09. The fraction of sp³-hybridized carbons (Fsp3) is 0.722. The van der Waals surface area contributed by atoms with Crippen molar-refractivity contribution in [1.29, 1.82) is 0 Å². The Morgan fingerprint density at radius 1 is 1.31 bits per heavy atom. The zero-order chi connectivity index (χ0) is 18.4. The quantitative estimate of drug-likeness (QED) is 0.804. The van der Waals surface area contributed by atoms with Gasteiger partial charge in [0.15, 0.2) is 12.2 Å². The Morgan fingerprint density at radius 3 is 2.88 bits per heavy atom. The average molecular weight is 360 g/mol. The van der Waals surface area contributed by atoms with Crippen molar-refractivity contribution in [3.8, 4) is 0 Å². The van der Waals surface area contributed by atoms with Crippen LogP contribution in [0.4, 0.5) is 4.79 Å². The lowest BCUT2D eigenvalue weighted by atomic mass is 10.0. The first-order valence-corrected chi connectivity index (χ1v) is 9.58. The zero-order valence-corrected chi connectivity index (χ0v) is 15.8. The summed E-state index contributed by atoms with van der Waals surface area (Å²) in [6.07, 6.45) is 5.23. The van der Waals surface area contributed by atoms with Crippen LogP contribution in [0, 0.1) is 5.92 Å². The second kappa shape index (κ2) is 6.57. The normalized spacial score (nSPS) is 31.7. The summed E-state index contributed by atoms with van der Waals surface area (Å²) in [6.45, 7) is 8.74. The molecule has 0 spiro atoms. The van der Waals surface area contributed by atoms with Gasteiger partial charge in [-0.3, -0.25) is 10.1 Å². The number of piperidine rings is 1. The molecule has 0 aromatic rings. The van der Waals surface area contributed by atoms with Crippen LogP contribution in [0.2, 0.25) is 0 Å². The van der Waals surface area contributed by atoms with Gasteiger partial charge < -0.3 is 19.6 Å². The molecule has 4 aliphatic heterocycles. The molecule has 0 aliphatic carbocycles. The van der Waals surface area contributed by atoms with Crippen LogP contribution in [-0.2, 0) is 4.79 Å². The smallest absolute Gasteiger partial charge is 0.315 e. The van der Waals surface area contributed by atoms with Crippen molar-refractivity contribution in [2.24, 2.45) is 10.9 Å². The number of imide groups is 1. The summed E-state index contributed by atoms with van der Waals surface area (Å²) in [4.78, 5) is 37.0. The van der Waals surface area contributed by atoms with Crippen LogP contribution >= 0.6 is 0 Å². The summed E-state index contributed by atoms with van der Waals surface area (Å²) in [6, 6.07) is -0.844. The molecule has 0 radical (unpaired) electrons. The molecule has 4 aliphatic rings. The second-order valence-corrected chi connectivity index (χ2v) is 7.92. The van der Waals surface area contributed by atoms with Gasteiger partial charge in [0.2, 0.25) is 5.96 Å². The number of likely N-dealkylation sites (tertiary alicyclic amines) is 1. The Kier molecular flexibility index (Phi) is 4.38. The monoisotopic (exact) mass is 360 g/mol. The van der Waals surface area contributed by atoms with Gasteiger partial charge in [-0.05, 0) is 45.2 Å². The summed E-state index contributed by atoms with van der Waals surface area (Å²) in [5.41, 5.74) is 1.10. The molecule has 0 saturated carbocycles. The minimum Gasteiger partial charge on any atom is -0.315 e. The van der Waals surface area contributed by atoms with Gasteiger partial charge in [0.25, 0.3) is 5.91 Å². The van der Waals surface area contributed by atoms with Crippen molar-refractivity contribution in [3.63, 3.8) is 0 Å². The maximum Gasteiger partial charge on any atom is 0.325 e. The van der Waals surface area contributed by atoms with Gasteiger partial charge in [-0.1, -0.05) is 6.92 Å². The third kappa shape index (κ3) is 2.86. The van der Waals surface area contributed by atoms with Gasteiger partial charge in [0.1, 0.15) is 0 Å². The predicted molar refractivity (Wildman–Crippen MR) is 98.1 cm³/mol. The van der Waals surface area contributed by atoms with E-state index in [1.54, 1.807) is 7.05 Å². The molecule has 0 aromatic carbocycles. The van der Waals surface area contributed by atoms with E-state index in [2.05, 4.69) is 29.0 Å². The van der Waals surface area contributed by atoms with E-state index in [-0.39, 0.29) is 11.9 Å². The molecule has 8 heteroatoms. The molecule has 26 heavy (non-hydrogen) atoms. The first kappa shape index (κ1) is 17.3. The van der Waals surface area contributed by atoms with Crippen LogP contribution in [-0.4, -0.2) is 82.9 Å². The summed E-state index contributed by atoms with van der Waals surface area (Å²) in [5, 5.41) is 2.41. The highest BCUT2D eigenvalue weighted by atomic mass is 16.2. The van der Waals surface area contributed by atoms with E-state index in [0.717, 1.165) is 37.1 Å². The lowest BCUT2D eigenvalue weighted by Gasteiger charge is -2.34. The van der Waals surface area contributed by atoms with Gasteiger partial charge in [0.05, 0.1) is 0 Å². The second-order valence-electron chi connectivity index (χ2n) is 7.92. The largest absolute Gasteiger partial charge is 0.325 e. The van der Waals surface area contributed by atoms with Crippen molar-refractivity contribution >= 4 is 17.9 Å². The van der Waals surface area contributed by atoms with Crippen molar-refractivity contribution in [2.45, 2.75) is 45.3 Å². The standard InChI is InChI=1S/C18H28N6O2/c1-12-6-4-7-22(10-12)8-5-9-23-13(2)11-24-14-15(19-17(23)24)21(3)18(26)20-16(14)25/h11-12,14-15H,4-10H2,1-3H3,(H,20,25,26). The van der Waals surface area contributed by atoms with Gasteiger partial charge >= 0.3 is 6.03 Å². The van der Waals surface area contributed by atoms with E-state index in [1.807, 2.05) is 11.1 Å². The minimum absolute atomic E-state index is 0.273. The van der Waals surface area contributed by atoms with Crippen LogP contribution in [0.3, 0.4) is 0 Å². The topological polar surface area (TPSA) is 71.5 Å². The number of guanidine groups is 1.